The van der Waals surface area contributed by atoms with Crippen molar-refractivity contribution < 1.29 is 18.8 Å². The number of benzene rings is 3. The average molecular weight is 608 g/mol. The first kappa shape index (κ1) is 32.1. The molecule has 43 heavy (non-hydrogen) atoms. The van der Waals surface area contributed by atoms with Crippen molar-refractivity contribution in [1.29, 1.82) is 0 Å². The number of methoxy groups -OCH3 is 1. The van der Waals surface area contributed by atoms with E-state index in [0.29, 0.717) is 35.7 Å². The quantitative estimate of drug-likeness (QED) is 0.178. The number of hydrogen-bond donors (Lipinski definition) is 1. The standard InChI is InChI=1S/C31H28N4O7.K/c1-3-16-41-28-17-27(37)34(19-26(36)22-12-14-23(40-2)15-13-22)31(39)35(28)18-20-8-10-21(11-9-20)24-6-4-5-7-25(24)29-32-30(38)42-33-29;/h4-15,17H,3,16,18-19H2,1-2H3,(H,32,33,38);. The Kier molecular flexibility index (Phi) is 10.9. The van der Waals surface area contributed by atoms with Crippen LogP contribution in [0.4, 0.5) is 0 Å². The van der Waals surface area contributed by atoms with Crippen molar-refractivity contribution in [3.05, 3.63) is 121 Å². The van der Waals surface area contributed by atoms with Crippen molar-refractivity contribution in [2.24, 2.45) is 0 Å². The number of Topliss-reactive ketones (excluding diaryl/α,β-unsaturated/α-hetero) is 1. The number of nitrogens with one attached hydrogen (secondary N) is 1. The van der Waals surface area contributed by atoms with Gasteiger partial charge in [-0.25, -0.2) is 9.59 Å². The van der Waals surface area contributed by atoms with E-state index in [1.165, 1.54) is 17.7 Å². The molecule has 5 aromatic rings. The number of ether oxygens (including phenoxy) is 2. The molecule has 1 radical (unpaired) electrons. The van der Waals surface area contributed by atoms with Gasteiger partial charge in [-0.2, -0.15) is 0 Å². The molecule has 12 heteroatoms. The van der Waals surface area contributed by atoms with E-state index in [4.69, 9.17) is 9.47 Å². The number of rotatable bonds is 11. The van der Waals surface area contributed by atoms with Crippen molar-refractivity contribution in [2.75, 3.05) is 13.7 Å². The van der Waals surface area contributed by atoms with E-state index in [2.05, 4.69) is 14.7 Å². The summed E-state index contributed by atoms with van der Waals surface area (Å²) in [5.74, 6) is 0.00158. The average Bonchev–Trinajstić information content (AvgIpc) is 3.46. The van der Waals surface area contributed by atoms with Gasteiger partial charge in [0, 0.05) is 62.5 Å². The second-order valence-corrected chi connectivity index (χ2v) is 9.46. The van der Waals surface area contributed by atoms with Crippen LogP contribution in [0.2, 0.25) is 0 Å². The Balaban J connectivity index is 0.00000423. The number of aromatic nitrogens is 4. The molecule has 1 N–H and O–H groups in total. The zero-order chi connectivity index (χ0) is 29.6. The van der Waals surface area contributed by atoms with E-state index in [1.807, 2.05) is 55.5 Å². The van der Waals surface area contributed by atoms with Crippen LogP contribution >= 0.6 is 0 Å². The van der Waals surface area contributed by atoms with Gasteiger partial charge in [0.2, 0.25) is 5.88 Å². The molecular formula is C31H28KN4O7. The first-order chi connectivity index (χ1) is 20.4. The second-order valence-electron chi connectivity index (χ2n) is 9.46. The Labute approximate surface area is 288 Å². The van der Waals surface area contributed by atoms with Crippen LogP contribution in [0.25, 0.3) is 22.5 Å². The van der Waals surface area contributed by atoms with Gasteiger partial charge in [-0.15, -0.1) is 0 Å². The normalized spacial score (nSPS) is 10.7. The maximum absolute atomic E-state index is 13.6. The van der Waals surface area contributed by atoms with E-state index in [0.717, 1.165) is 21.3 Å². The molecule has 0 spiro atoms. The van der Waals surface area contributed by atoms with Gasteiger partial charge in [-0.1, -0.05) is 60.6 Å². The number of aromatic amines is 1. The van der Waals surface area contributed by atoms with Gasteiger partial charge >= 0.3 is 11.4 Å². The van der Waals surface area contributed by atoms with Crippen LogP contribution in [0.3, 0.4) is 0 Å². The molecule has 0 fully saturated rings. The van der Waals surface area contributed by atoms with Crippen LogP contribution in [0.5, 0.6) is 11.6 Å². The summed E-state index contributed by atoms with van der Waals surface area (Å²) < 4.78 is 17.8. The second kappa shape index (κ2) is 14.6. The van der Waals surface area contributed by atoms with E-state index < -0.39 is 23.5 Å². The molecule has 0 atom stereocenters. The molecule has 0 saturated heterocycles. The van der Waals surface area contributed by atoms with E-state index in [-0.39, 0.29) is 69.6 Å². The minimum absolute atomic E-state index is 0. The van der Waals surface area contributed by atoms with E-state index in [1.54, 1.807) is 24.3 Å². The van der Waals surface area contributed by atoms with Gasteiger partial charge in [0.25, 0.3) is 5.56 Å². The molecule has 3 aromatic carbocycles. The predicted octanol–water partition coefficient (Wildman–Crippen LogP) is 3.37. The molecule has 0 aliphatic heterocycles. The molecule has 2 aromatic heterocycles. The maximum atomic E-state index is 13.6. The largest absolute Gasteiger partial charge is 0.497 e. The minimum atomic E-state index is -0.653. The first-order valence-corrected chi connectivity index (χ1v) is 13.3. The SMILES string of the molecule is CCCOc1cc(=O)n(CC(=O)c2ccc(OC)cc2)c(=O)n1Cc1ccc(-c2ccccc2-c2noc(=O)[nH]2)cc1.[K]. The molecule has 0 bridgehead atoms. The summed E-state index contributed by atoms with van der Waals surface area (Å²) in [5, 5.41) is 3.80. The number of ketones is 1. The van der Waals surface area contributed by atoms with Gasteiger partial charge in [0.15, 0.2) is 11.6 Å². The Bertz CT molecular complexity index is 1890. The summed E-state index contributed by atoms with van der Waals surface area (Å²) in [6.07, 6.45) is 0.679. The number of H-pyrrole nitrogens is 1. The molecule has 0 amide bonds. The van der Waals surface area contributed by atoms with Gasteiger partial charge in [-0.3, -0.25) is 28.2 Å². The third-order valence-corrected chi connectivity index (χ3v) is 6.64. The van der Waals surface area contributed by atoms with Crippen molar-refractivity contribution >= 4 is 57.2 Å². The fourth-order valence-electron chi connectivity index (χ4n) is 4.48. The summed E-state index contributed by atoms with van der Waals surface area (Å²) in [7, 11) is 1.52. The Hall–Kier alpha value is -3.81. The monoisotopic (exact) mass is 607 g/mol. The van der Waals surface area contributed by atoms with Crippen LogP contribution in [-0.4, -0.2) is 90.2 Å². The number of carbonyl (C=O) groups is 1. The number of carbonyl (C=O) groups excluding carboxylic acids is 1. The molecule has 215 valence electrons. The third kappa shape index (κ3) is 7.40. The minimum Gasteiger partial charge on any atom is -0.497 e. The van der Waals surface area contributed by atoms with Gasteiger partial charge < -0.3 is 9.47 Å². The summed E-state index contributed by atoms with van der Waals surface area (Å²) in [6.45, 7) is 1.92. The summed E-state index contributed by atoms with van der Waals surface area (Å²) in [4.78, 5) is 53.5. The van der Waals surface area contributed by atoms with E-state index in [9.17, 15) is 19.2 Å². The number of hydrogen-bond acceptors (Lipinski definition) is 8. The molecule has 0 saturated carbocycles. The maximum Gasteiger partial charge on any atom is 0.439 e. The zero-order valence-corrected chi connectivity index (χ0v) is 27.2. The van der Waals surface area contributed by atoms with Crippen LogP contribution in [0.15, 0.2) is 97.8 Å². The Morgan fingerprint density at radius 2 is 1.63 bits per heavy atom. The molecule has 2 heterocycles. The molecule has 0 aliphatic rings. The molecule has 5 rings (SSSR count). The van der Waals surface area contributed by atoms with Gasteiger partial charge in [0.05, 0.1) is 32.9 Å². The predicted molar refractivity (Wildman–Crippen MR) is 161 cm³/mol. The smallest absolute Gasteiger partial charge is 0.439 e. The topological polar surface area (TPSA) is 138 Å². The zero-order valence-electron chi connectivity index (χ0n) is 24.0. The van der Waals surface area contributed by atoms with Crippen molar-refractivity contribution in [1.82, 2.24) is 19.3 Å². The van der Waals surface area contributed by atoms with Crippen LogP contribution in [0, 0.1) is 0 Å². The number of nitrogens with zero attached hydrogens (tertiary/aromatic N) is 3. The Morgan fingerprint density at radius 1 is 0.930 bits per heavy atom. The van der Waals surface area contributed by atoms with Crippen molar-refractivity contribution in [3.63, 3.8) is 0 Å². The van der Waals surface area contributed by atoms with Crippen LogP contribution in [0.1, 0.15) is 29.3 Å². The van der Waals surface area contributed by atoms with Crippen LogP contribution in [-0.2, 0) is 13.1 Å². The summed E-state index contributed by atoms with van der Waals surface area (Å²) >= 11 is 0. The van der Waals surface area contributed by atoms with Crippen molar-refractivity contribution in [2.45, 2.75) is 26.4 Å². The van der Waals surface area contributed by atoms with Gasteiger partial charge in [-0.05, 0) is 47.4 Å². The summed E-state index contributed by atoms with van der Waals surface area (Å²) in [5.41, 5.74) is 2.20. The molecule has 0 aliphatic carbocycles. The fourth-order valence-corrected chi connectivity index (χ4v) is 4.48. The summed E-state index contributed by atoms with van der Waals surface area (Å²) in [6, 6.07) is 22.6. The van der Waals surface area contributed by atoms with E-state index >= 15 is 0 Å². The third-order valence-electron chi connectivity index (χ3n) is 6.64. The molecule has 11 nitrogen and oxygen atoms in total. The molecule has 0 unspecified atom stereocenters. The first-order valence-electron chi connectivity index (χ1n) is 13.3. The van der Waals surface area contributed by atoms with Crippen molar-refractivity contribution in [3.8, 4) is 34.1 Å². The fraction of sp³-hybridized carbons (Fsp3) is 0.194. The Morgan fingerprint density at radius 3 is 2.26 bits per heavy atom. The molecular weight excluding hydrogens is 579 g/mol. The van der Waals surface area contributed by atoms with Crippen LogP contribution < -0.4 is 26.5 Å². The van der Waals surface area contributed by atoms with Gasteiger partial charge in [0.1, 0.15) is 5.75 Å².